The molecular weight excluding hydrogens is 504 g/mol. The zero-order chi connectivity index (χ0) is 28.5. The van der Waals surface area contributed by atoms with Crippen LogP contribution in [-0.4, -0.2) is 41.9 Å². The van der Waals surface area contributed by atoms with Crippen LogP contribution in [0.2, 0.25) is 0 Å². The summed E-state index contributed by atoms with van der Waals surface area (Å²) in [6.45, 7) is 7.48. The second-order valence-corrected chi connectivity index (χ2v) is 9.47. The fourth-order valence-electron chi connectivity index (χ4n) is 4.88. The topological polar surface area (TPSA) is 119 Å². The van der Waals surface area contributed by atoms with E-state index in [9.17, 15) is 9.90 Å². The van der Waals surface area contributed by atoms with E-state index in [2.05, 4.69) is 40.7 Å². The summed E-state index contributed by atoms with van der Waals surface area (Å²) in [5, 5.41) is 17.7. The van der Waals surface area contributed by atoms with Gasteiger partial charge in [-0.05, 0) is 55.5 Å². The van der Waals surface area contributed by atoms with Crippen LogP contribution in [-0.2, 0) is 19.4 Å². The van der Waals surface area contributed by atoms with E-state index in [1.165, 1.54) is 11.8 Å². The van der Waals surface area contributed by atoms with Crippen LogP contribution in [0.25, 0.3) is 10.9 Å². The van der Waals surface area contributed by atoms with Crippen molar-refractivity contribution in [3.8, 4) is 11.5 Å². The van der Waals surface area contributed by atoms with Gasteiger partial charge in [-0.3, -0.25) is 9.78 Å². The Morgan fingerprint density at radius 3 is 2.38 bits per heavy atom. The lowest BCUT2D eigenvalue weighted by Crippen LogP contribution is -2.34. The Hall–Kier alpha value is -4.14. The van der Waals surface area contributed by atoms with E-state index >= 15 is 0 Å². The molecule has 0 aliphatic heterocycles. The largest absolute Gasteiger partial charge is 0.490 e. The Bertz CT molecular complexity index is 1440. The minimum atomic E-state index is -0.577. The van der Waals surface area contributed by atoms with Crippen molar-refractivity contribution in [2.75, 3.05) is 25.1 Å². The van der Waals surface area contributed by atoms with Crippen molar-refractivity contribution in [1.29, 1.82) is 0 Å². The number of pyridine rings is 1. The maximum absolute atomic E-state index is 12.5. The van der Waals surface area contributed by atoms with Gasteiger partial charge in [0.1, 0.15) is 0 Å². The number of hydrogen-bond donors (Lipinski definition) is 4. The number of fused-ring (bicyclic) bond motifs is 1. The molecule has 210 valence electrons. The molecule has 1 heterocycles. The molecular formula is C32H38N4O4. The standard InChI is InChI=1S/C32H38N4O4/c1-4-24-22(18-34-23(20-37)15-21-11-8-7-9-12-21)13-10-14-27(24)36-31-25-16-29(39-5-2)30(40-6-3)17-28(25)35-19-26(31)32(33)38/h7-14,16-17,19,23,34,37H,4-6,15,18,20H2,1-3H3,(H2,33,38)(H,35,36)/t23-/m0/s1. The Morgan fingerprint density at radius 1 is 1.00 bits per heavy atom. The first-order valence-electron chi connectivity index (χ1n) is 13.8. The number of nitrogens with zero attached hydrogens (tertiary/aromatic N) is 1. The van der Waals surface area contributed by atoms with Crippen LogP contribution in [0.1, 0.15) is 47.8 Å². The first kappa shape index (κ1) is 28.9. The summed E-state index contributed by atoms with van der Waals surface area (Å²) in [6.07, 6.45) is 2.99. The summed E-state index contributed by atoms with van der Waals surface area (Å²) < 4.78 is 11.6. The third-order valence-electron chi connectivity index (χ3n) is 6.81. The number of ether oxygens (including phenoxy) is 2. The molecule has 0 radical (unpaired) electrons. The van der Waals surface area contributed by atoms with Crippen molar-refractivity contribution >= 4 is 28.2 Å². The zero-order valence-electron chi connectivity index (χ0n) is 23.4. The average Bonchev–Trinajstić information content (AvgIpc) is 2.96. The molecule has 0 bridgehead atoms. The number of carbonyl (C=O) groups is 1. The highest BCUT2D eigenvalue weighted by molar-refractivity contribution is 6.08. The van der Waals surface area contributed by atoms with Crippen LogP contribution in [0.3, 0.4) is 0 Å². The van der Waals surface area contributed by atoms with Crippen LogP contribution < -0.4 is 25.8 Å². The number of carbonyl (C=O) groups excluding carboxylic acids is 1. The fraction of sp³-hybridized carbons (Fsp3) is 0.312. The van der Waals surface area contributed by atoms with Gasteiger partial charge in [0, 0.05) is 35.9 Å². The number of benzene rings is 3. The van der Waals surface area contributed by atoms with Gasteiger partial charge in [0.05, 0.1) is 36.6 Å². The second-order valence-electron chi connectivity index (χ2n) is 9.47. The SMILES string of the molecule is CCOc1cc2ncc(C(N)=O)c(Nc3cccc(CN[C@H](CO)Cc4ccccc4)c3CC)c2cc1OCC. The Balaban J connectivity index is 1.68. The predicted octanol–water partition coefficient (Wildman–Crippen LogP) is 5.13. The fourth-order valence-corrected chi connectivity index (χ4v) is 4.88. The molecule has 3 aromatic carbocycles. The molecule has 0 spiro atoms. The highest BCUT2D eigenvalue weighted by atomic mass is 16.5. The van der Waals surface area contributed by atoms with Crippen molar-refractivity contribution < 1.29 is 19.4 Å². The third kappa shape index (κ3) is 6.70. The molecule has 0 aliphatic rings. The summed E-state index contributed by atoms with van der Waals surface area (Å²) in [6, 6.07) is 19.8. The molecule has 8 nitrogen and oxygen atoms in total. The first-order chi connectivity index (χ1) is 19.5. The summed E-state index contributed by atoms with van der Waals surface area (Å²) in [4.78, 5) is 17.0. The van der Waals surface area contributed by atoms with Crippen LogP contribution >= 0.6 is 0 Å². The maximum Gasteiger partial charge on any atom is 0.252 e. The molecule has 0 saturated carbocycles. The molecule has 1 aromatic heterocycles. The number of hydrogen-bond acceptors (Lipinski definition) is 7. The molecule has 0 saturated heterocycles. The molecule has 0 fully saturated rings. The van der Waals surface area contributed by atoms with Gasteiger partial charge in [-0.1, -0.05) is 49.4 Å². The summed E-state index contributed by atoms with van der Waals surface area (Å²) in [7, 11) is 0. The predicted molar refractivity (Wildman–Crippen MR) is 160 cm³/mol. The van der Waals surface area contributed by atoms with E-state index in [4.69, 9.17) is 15.2 Å². The highest BCUT2D eigenvalue weighted by Crippen LogP contribution is 2.38. The lowest BCUT2D eigenvalue weighted by atomic mass is 10.0. The van der Waals surface area contributed by atoms with E-state index in [0.717, 1.165) is 29.7 Å². The minimum Gasteiger partial charge on any atom is -0.490 e. The van der Waals surface area contributed by atoms with E-state index in [0.29, 0.717) is 47.8 Å². The number of primary amides is 1. The van der Waals surface area contributed by atoms with Crippen molar-refractivity contribution in [2.24, 2.45) is 5.73 Å². The quantitative estimate of drug-likeness (QED) is 0.174. The first-order valence-corrected chi connectivity index (χ1v) is 13.8. The van der Waals surface area contributed by atoms with E-state index in [-0.39, 0.29) is 18.2 Å². The molecule has 1 atom stereocenters. The van der Waals surface area contributed by atoms with Crippen LogP contribution in [0, 0.1) is 0 Å². The number of aliphatic hydroxyl groups excluding tert-OH is 1. The lowest BCUT2D eigenvalue weighted by Gasteiger charge is -2.21. The third-order valence-corrected chi connectivity index (χ3v) is 6.81. The van der Waals surface area contributed by atoms with E-state index in [1.807, 2.05) is 56.3 Å². The van der Waals surface area contributed by atoms with Gasteiger partial charge in [-0.2, -0.15) is 0 Å². The van der Waals surface area contributed by atoms with Crippen LogP contribution in [0.15, 0.2) is 66.9 Å². The maximum atomic E-state index is 12.5. The van der Waals surface area contributed by atoms with E-state index < -0.39 is 5.91 Å². The number of aromatic nitrogens is 1. The Kier molecular flexibility index (Phi) is 9.94. The van der Waals surface area contributed by atoms with E-state index in [1.54, 1.807) is 0 Å². The Morgan fingerprint density at radius 2 is 1.73 bits per heavy atom. The normalized spacial score (nSPS) is 11.8. The summed E-state index contributed by atoms with van der Waals surface area (Å²) >= 11 is 0. The zero-order valence-corrected chi connectivity index (χ0v) is 23.4. The molecule has 4 aromatic rings. The van der Waals surface area contributed by atoms with Crippen LogP contribution in [0.4, 0.5) is 11.4 Å². The van der Waals surface area contributed by atoms with Gasteiger partial charge >= 0.3 is 0 Å². The number of nitrogens with one attached hydrogen (secondary N) is 2. The highest BCUT2D eigenvalue weighted by Gasteiger charge is 2.19. The molecule has 1 amide bonds. The van der Waals surface area contributed by atoms with Gasteiger partial charge in [0.25, 0.3) is 5.91 Å². The van der Waals surface area contributed by atoms with Crippen molar-refractivity contribution in [3.05, 3.63) is 89.1 Å². The minimum absolute atomic E-state index is 0.0329. The van der Waals surface area contributed by atoms with Crippen molar-refractivity contribution in [1.82, 2.24) is 10.3 Å². The monoisotopic (exact) mass is 542 g/mol. The van der Waals surface area contributed by atoms with Gasteiger partial charge < -0.3 is 30.9 Å². The molecule has 8 heteroatoms. The van der Waals surface area contributed by atoms with Gasteiger partial charge in [0.2, 0.25) is 0 Å². The van der Waals surface area contributed by atoms with Crippen molar-refractivity contribution in [3.63, 3.8) is 0 Å². The summed E-state index contributed by atoms with van der Waals surface area (Å²) in [5.41, 5.74) is 11.5. The number of nitrogens with two attached hydrogens (primary N) is 1. The molecule has 40 heavy (non-hydrogen) atoms. The number of rotatable bonds is 14. The molecule has 5 N–H and O–H groups in total. The second kappa shape index (κ2) is 13.8. The average molecular weight is 543 g/mol. The van der Waals surface area contributed by atoms with Gasteiger partial charge in [-0.25, -0.2) is 0 Å². The van der Waals surface area contributed by atoms with Gasteiger partial charge in [0.15, 0.2) is 11.5 Å². The number of aliphatic hydroxyl groups is 1. The number of anilines is 2. The van der Waals surface area contributed by atoms with Crippen LogP contribution in [0.5, 0.6) is 11.5 Å². The van der Waals surface area contributed by atoms with Gasteiger partial charge in [-0.15, -0.1) is 0 Å². The number of amides is 1. The molecule has 0 aliphatic carbocycles. The molecule has 4 rings (SSSR count). The molecule has 0 unspecified atom stereocenters. The smallest absolute Gasteiger partial charge is 0.252 e. The van der Waals surface area contributed by atoms with Crippen molar-refractivity contribution in [2.45, 2.75) is 46.2 Å². The summed E-state index contributed by atoms with van der Waals surface area (Å²) in [5.74, 6) is 0.593. The Labute approximate surface area is 235 Å². The lowest BCUT2D eigenvalue weighted by molar-refractivity contribution is 0.100.